The molecule has 1 aliphatic rings. The third-order valence-corrected chi connectivity index (χ3v) is 3.78. The topological polar surface area (TPSA) is 35.5 Å². The van der Waals surface area contributed by atoms with E-state index in [9.17, 15) is 9.50 Å². The van der Waals surface area contributed by atoms with Crippen molar-refractivity contribution in [1.82, 2.24) is 4.90 Å². The molecule has 1 aromatic carbocycles. The molecule has 0 saturated carbocycles. The highest BCUT2D eigenvalue weighted by atomic mass is 79.9. The van der Waals surface area contributed by atoms with Crippen LogP contribution < -0.4 is 5.32 Å². The predicted octanol–water partition coefficient (Wildman–Crippen LogP) is 2.46. The fraction of sp³-hybridized carbons (Fsp3) is 0.538. The standard InChI is InChI=1S/C13H18BrFN2O/c14-12-7-10(15)3-4-13(12)16-8-11(18)9-17-5-1-2-6-17/h3-4,7,11,16,18H,1-2,5-6,8-9H2. The molecule has 0 radical (unpaired) electrons. The van der Waals surface area contributed by atoms with Gasteiger partial charge in [-0.25, -0.2) is 4.39 Å². The van der Waals surface area contributed by atoms with Gasteiger partial charge in [-0.2, -0.15) is 0 Å². The van der Waals surface area contributed by atoms with E-state index in [4.69, 9.17) is 0 Å². The summed E-state index contributed by atoms with van der Waals surface area (Å²) in [5.74, 6) is -0.273. The minimum atomic E-state index is -0.403. The van der Waals surface area contributed by atoms with Crippen LogP contribution in [0.1, 0.15) is 12.8 Å². The highest BCUT2D eigenvalue weighted by Crippen LogP contribution is 2.22. The van der Waals surface area contributed by atoms with Gasteiger partial charge in [0.25, 0.3) is 0 Å². The van der Waals surface area contributed by atoms with Crippen LogP contribution in [0.25, 0.3) is 0 Å². The number of benzene rings is 1. The number of nitrogens with zero attached hydrogens (tertiary/aromatic N) is 1. The summed E-state index contributed by atoms with van der Waals surface area (Å²) in [6.07, 6.45) is 2.05. The van der Waals surface area contributed by atoms with Crippen LogP contribution in [-0.2, 0) is 0 Å². The second-order valence-corrected chi connectivity index (χ2v) is 5.52. The minimum absolute atomic E-state index is 0.273. The van der Waals surface area contributed by atoms with Crippen molar-refractivity contribution in [2.75, 3.05) is 31.5 Å². The second-order valence-electron chi connectivity index (χ2n) is 4.67. The summed E-state index contributed by atoms with van der Waals surface area (Å²) in [6.45, 7) is 3.33. The fourth-order valence-electron chi connectivity index (χ4n) is 2.19. The molecule has 0 amide bonds. The molecule has 5 heteroatoms. The average molecular weight is 317 g/mol. The van der Waals surface area contributed by atoms with Gasteiger partial charge in [0.2, 0.25) is 0 Å². The van der Waals surface area contributed by atoms with Gasteiger partial charge in [0.05, 0.1) is 6.10 Å². The van der Waals surface area contributed by atoms with E-state index in [1.807, 2.05) is 0 Å². The Bertz CT molecular complexity index is 397. The van der Waals surface area contributed by atoms with Crippen LogP contribution in [0.4, 0.5) is 10.1 Å². The molecule has 1 atom stereocenters. The van der Waals surface area contributed by atoms with Gasteiger partial charge in [0.1, 0.15) is 5.82 Å². The summed E-state index contributed by atoms with van der Waals surface area (Å²) in [6, 6.07) is 4.48. The Morgan fingerprint density at radius 1 is 1.39 bits per heavy atom. The molecule has 2 rings (SSSR count). The van der Waals surface area contributed by atoms with E-state index in [2.05, 4.69) is 26.1 Å². The Hall–Kier alpha value is -0.650. The lowest BCUT2D eigenvalue weighted by Gasteiger charge is -2.20. The van der Waals surface area contributed by atoms with E-state index in [-0.39, 0.29) is 5.82 Å². The first kappa shape index (κ1) is 13.8. The van der Waals surface area contributed by atoms with E-state index in [1.54, 1.807) is 6.07 Å². The molecule has 1 unspecified atom stereocenters. The first-order valence-electron chi connectivity index (χ1n) is 6.24. The van der Waals surface area contributed by atoms with Crippen LogP contribution in [0.2, 0.25) is 0 Å². The van der Waals surface area contributed by atoms with Crippen molar-refractivity contribution in [2.45, 2.75) is 18.9 Å². The van der Waals surface area contributed by atoms with E-state index in [1.165, 1.54) is 25.0 Å². The van der Waals surface area contributed by atoms with E-state index >= 15 is 0 Å². The molecular weight excluding hydrogens is 299 g/mol. The Morgan fingerprint density at radius 3 is 2.78 bits per heavy atom. The number of hydrogen-bond donors (Lipinski definition) is 2. The van der Waals surface area contributed by atoms with Crippen molar-refractivity contribution >= 4 is 21.6 Å². The highest BCUT2D eigenvalue weighted by molar-refractivity contribution is 9.10. The number of anilines is 1. The van der Waals surface area contributed by atoms with Crippen molar-refractivity contribution in [1.29, 1.82) is 0 Å². The van der Waals surface area contributed by atoms with Gasteiger partial charge >= 0.3 is 0 Å². The summed E-state index contributed by atoms with van der Waals surface area (Å²) in [5, 5.41) is 13.0. The van der Waals surface area contributed by atoms with E-state index < -0.39 is 6.10 Å². The van der Waals surface area contributed by atoms with Gasteiger partial charge in [-0.15, -0.1) is 0 Å². The number of likely N-dealkylation sites (tertiary alicyclic amines) is 1. The Morgan fingerprint density at radius 2 is 2.11 bits per heavy atom. The van der Waals surface area contributed by atoms with Crippen molar-refractivity contribution in [3.8, 4) is 0 Å². The minimum Gasteiger partial charge on any atom is -0.390 e. The normalized spacial score (nSPS) is 17.9. The second kappa shape index (κ2) is 6.50. The maximum absolute atomic E-state index is 12.9. The SMILES string of the molecule is OC(CNc1ccc(F)cc1Br)CN1CCCC1. The lowest BCUT2D eigenvalue weighted by atomic mass is 10.2. The van der Waals surface area contributed by atoms with Gasteiger partial charge in [0, 0.05) is 23.2 Å². The van der Waals surface area contributed by atoms with Crippen LogP contribution in [0, 0.1) is 5.82 Å². The molecule has 1 aromatic rings. The molecule has 2 N–H and O–H groups in total. The molecular formula is C13H18BrFN2O. The van der Waals surface area contributed by atoms with Crippen LogP contribution >= 0.6 is 15.9 Å². The van der Waals surface area contributed by atoms with Gasteiger partial charge in [-0.05, 0) is 60.1 Å². The van der Waals surface area contributed by atoms with Crippen molar-refractivity contribution in [2.24, 2.45) is 0 Å². The summed E-state index contributed by atoms with van der Waals surface area (Å²) in [7, 11) is 0. The van der Waals surface area contributed by atoms with Gasteiger partial charge in [-0.1, -0.05) is 0 Å². The zero-order chi connectivity index (χ0) is 13.0. The summed E-state index contributed by atoms with van der Waals surface area (Å²) in [4.78, 5) is 2.27. The highest BCUT2D eigenvalue weighted by Gasteiger charge is 2.15. The number of β-amino-alcohol motifs (C(OH)–C–C–N with tert-alkyl or cyclic N) is 1. The first-order valence-corrected chi connectivity index (χ1v) is 7.04. The molecule has 0 aromatic heterocycles. The third-order valence-electron chi connectivity index (χ3n) is 3.13. The third kappa shape index (κ3) is 3.93. The van der Waals surface area contributed by atoms with Gasteiger partial charge in [-0.3, -0.25) is 0 Å². The van der Waals surface area contributed by atoms with E-state index in [0.29, 0.717) is 17.6 Å². The zero-order valence-corrected chi connectivity index (χ0v) is 11.8. The Kier molecular flexibility index (Phi) is 4.97. The monoisotopic (exact) mass is 316 g/mol. The molecule has 1 heterocycles. The molecule has 0 aliphatic carbocycles. The lowest BCUT2D eigenvalue weighted by molar-refractivity contribution is 0.135. The molecule has 18 heavy (non-hydrogen) atoms. The molecule has 1 saturated heterocycles. The van der Waals surface area contributed by atoms with Gasteiger partial charge in [0.15, 0.2) is 0 Å². The summed E-state index contributed by atoms with van der Waals surface area (Å²) >= 11 is 3.29. The number of nitrogens with one attached hydrogen (secondary N) is 1. The lowest BCUT2D eigenvalue weighted by Crippen LogP contribution is -2.34. The van der Waals surface area contributed by atoms with Crippen LogP contribution in [-0.4, -0.2) is 42.3 Å². The number of aliphatic hydroxyl groups excluding tert-OH is 1. The quantitative estimate of drug-likeness (QED) is 0.876. The Balaban J connectivity index is 1.79. The smallest absolute Gasteiger partial charge is 0.124 e. The first-order chi connectivity index (χ1) is 8.65. The molecule has 100 valence electrons. The number of hydrogen-bond acceptors (Lipinski definition) is 3. The summed E-state index contributed by atoms with van der Waals surface area (Å²) < 4.78 is 13.6. The zero-order valence-electron chi connectivity index (χ0n) is 10.2. The predicted molar refractivity (Wildman–Crippen MR) is 74.3 cm³/mol. The summed E-state index contributed by atoms with van der Waals surface area (Å²) in [5.41, 5.74) is 0.803. The van der Waals surface area contributed by atoms with Crippen molar-refractivity contribution < 1.29 is 9.50 Å². The van der Waals surface area contributed by atoms with E-state index in [0.717, 1.165) is 18.8 Å². The average Bonchev–Trinajstić information content (AvgIpc) is 2.80. The van der Waals surface area contributed by atoms with Crippen LogP contribution in [0.3, 0.4) is 0 Å². The molecule has 1 aliphatic heterocycles. The Labute approximate surface area is 115 Å². The number of halogens is 2. The van der Waals surface area contributed by atoms with Gasteiger partial charge < -0.3 is 15.3 Å². The molecule has 0 spiro atoms. The number of aliphatic hydroxyl groups is 1. The number of rotatable bonds is 5. The maximum atomic E-state index is 12.9. The van der Waals surface area contributed by atoms with Crippen molar-refractivity contribution in [3.63, 3.8) is 0 Å². The fourth-order valence-corrected chi connectivity index (χ4v) is 2.68. The maximum Gasteiger partial charge on any atom is 0.124 e. The molecule has 1 fully saturated rings. The van der Waals surface area contributed by atoms with Crippen LogP contribution in [0.5, 0.6) is 0 Å². The largest absolute Gasteiger partial charge is 0.390 e. The molecule has 0 bridgehead atoms. The molecule has 3 nitrogen and oxygen atoms in total. The van der Waals surface area contributed by atoms with Crippen LogP contribution in [0.15, 0.2) is 22.7 Å². The van der Waals surface area contributed by atoms with Crippen molar-refractivity contribution in [3.05, 3.63) is 28.5 Å².